The van der Waals surface area contributed by atoms with Crippen LogP contribution in [0.25, 0.3) is 0 Å². The van der Waals surface area contributed by atoms with Gasteiger partial charge in [0.05, 0.1) is 5.02 Å². The van der Waals surface area contributed by atoms with E-state index in [1.807, 2.05) is 18.2 Å². The molecule has 3 rings (SSSR count). The largest absolute Gasteiger partial charge is 0.454 e. The number of hydrogen-bond acceptors (Lipinski definition) is 3. The number of benzene rings is 2. The van der Waals surface area contributed by atoms with Gasteiger partial charge in [0, 0.05) is 18.7 Å². The highest BCUT2D eigenvalue weighted by atomic mass is 35.5. The van der Waals surface area contributed by atoms with E-state index in [-0.39, 0.29) is 17.6 Å². The third-order valence-corrected chi connectivity index (χ3v) is 3.41. The van der Waals surface area contributed by atoms with Crippen molar-refractivity contribution in [3.05, 3.63) is 58.4 Å². The summed E-state index contributed by atoms with van der Waals surface area (Å²) in [6.45, 7) is 1.30. The van der Waals surface area contributed by atoms with Gasteiger partial charge in [-0.25, -0.2) is 4.39 Å². The maximum absolute atomic E-state index is 13.7. The number of ether oxygens (including phenoxy) is 2. The molecule has 104 valence electrons. The molecule has 0 saturated heterocycles. The molecular formula is C15H13ClFNO2. The minimum absolute atomic E-state index is 0.146. The van der Waals surface area contributed by atoms with Crippen LogP contribution < -0.4 is 14.8 Å². The first kappa shape index (κ1) is 13.2. The smallest absolute Gasteiger partial charge is 0.231 e. The van der Waals surface area contributed by atoms with E-state index >= 15 is 0 Å². The lowest BCUT2D eigenvalue weighted by Gasteiger charge is -2.07. The second-order valence-electron chi connectivity index (χ2n) is 4.50. The van der Waals surface area contributed by atoms with Crippen LogP contribution in [0.15, 0.2) is 36.4 Å². The quantitative estimate of drug-likeness (QED) is 0.936. The molecule has 0 saturated carbocycles. The molecule has 1 heterocycles. The van der Waals surface area contributed by atoms with Crippen LogP contribution in [-0.4, -0.2) is 6.79 Å². The van der Waals surface area contributed by atoms with Gasteiger partial charge in [0.15, 0.2) is 11.5 Å². The highest BCUT2D eigenvalue weighted by Gasteiger charge is 2.13. The van der Waals surface area contributed by atoms with Crippen molar-refractivity contribution < 1.29 is 13.9 Å². The molecule has 0 bridgehead atoms. The Morgan fingerprint density at radius 2 is 1.95 bits per heavy atom. The van der Waals surface area contributed by atoms with Gasteiger partial charge in [-0.05, 0) is 23.8 Å². The maximum atomic E-state index is 13.7. The third kappa shape index (κ3) is 2.71. The predicted octanol–water partition coefficient (Wildman–Crippen LogP) is 3.50. The van der Waals surface area contributed by atoms with E-state index in [1.54, 1.807) is 12.1 Å². The normalized spacial score (nSPS) is 12.7. The summed E-state index contributed by atoms with van der Waals surface area (Å²) in [4.78, 5) is 0. The van der Waals surface area contributed by atoms with Gasteiger partial charge in [-0.2, -0.15) is 0 Å². The Labute approximate surface area is 121 Å². The summed E-state index contributed by atoms with van der Waals surface area (Å²) in [5.41, 5.74) is 1.61. The molecule has 3 nitrogen and oxygen atoms in total. The lowest BCUT2D eigenvalue weighted by molar-refractivity contribution is 0.174. The van der Waals surface area contributed by atoms with Crippen molar-refractivity contribution in [1.29, 1.82) is 0 Å². The van der Waals surface area contributed by atoms with Crippen LogP contribution in [0, 0.1) is 5.82 Å². The number of halogens is 2. The molecule has 0 atom stereocenters. The highest BCUT2D eigenvalue weighted by molar-refractivity contribution is 6.30. The lowest BCUT2D eigenvalue weighted by Crippen LogP contribution is -2.13. The Morgan fingerprint density at radius 3 is 2.85 bits per heavy atom. The van der Waals surface area contributed by atoms with Gasteiger partial charge in [-0.3, -0.25) is 0 Å². The number of nitrogens with one attached hydrogen (secondary N) is 1. The summed E-state index contributed by atoms with van der Waals surface area (Å²) in [5, 5.41) is 3.33. The molecule has 2 aromatic carbocycles. The number of fused-ring (bicyclic) bond motifs is 1. The Bertz CT molecular complexity index is 633. The molecule has 5 heteroatoms. The molecule has 0 radical (unpaired) electrons. The van der Waals surface area contributed by atoms with E-state index in [9.17, 15) is 4.39 Å². The molecule has 0 aromatic heterocycles. The van der Waals surface area contributed by atoms with E-state index in [2.05, 4.69) is 5.32 Å². The van der Waals surface area contributed by atoms with E-state index in [0.717, 1.165) is 17.1 Å². The average molecular weight is 294 g/mol. The zero-order chi connectivity index (χ0) is 13.9. The predicted molar refractivity (Wildman–Crippen MR) is 74.5 cm³/mol. The fourth-order valence-electron chi connectivity index (χ4n) is 2.08. The van der Waals surface area contributed by atoms with E-state index in [1.165, 1.54) is 6.07 Å². The van der Waals surface area contributed by atoms with Crippen molar-refractivity contribution >= 4 is 11.6 Å². The highest BCUT2D eigenvalue weighted by Crippen LogP contribution is 2.32. The summed E-state index contributed by atoms with van der Waals surface area (Å²) in [7, 11) is 0. The van der Waals surface area contributed by atoms with E-state index < -0.39 is 0 Å². The lowest BCUT2D eigenvalue weighted by atomic mass is 10.2. The number of rotatable bonds is 4. The van der Waals surface area contributed by atoms with Gasteiger partial charge >= 0.3 is 0 Å². The van der Waals surface area contributed by atoms with Crippen LogP contribution in [0.4, 0.5) is 4.39 Å². The van der Waals surface area contributed by atoms with Crippen molar-refractivity contribution in [2.45, 2.75) is 13.1 Å². The summed E-state index contributed by atoms with van der Waals surface area (Å²) in [6, 6.07) is 10.7. The van der Waals surface area contributed by atoms with Crippen LogP contribution in [-0.2, 0) is 13.1 Å². The van der Waals surface area contributed by atoms with Gasteiger partial charge in [-0.1, -0.05) is 29.8 Å². The molecule has 1 aliphatic heterocycles. The summed E-state index contributed by atoms with van der Waals surface area (Å²) in [6.07, 6.45) is 0. The molecule has 20 heavy (non-hydrogen) atoms. The molecule has 2 aromatic rings. The van der Waals surface area contributed by atoms with Crippen LogP contribution >= 0.6 is 11.6 Å². The molecule has 0 aliphatic carbocycles. The minimum atomic E-state index is -0.368. The Balaban J connectivity index is 1.61. The van der Waals surface area contributed by atoms with Gasteiger partial charge < -0.3 is 14.8 Å². The first-order valence-corrected chi connectivity index (χ1v) is 6.64. The Kier molecular flexibility index (Phi) is 3.76. The fraction of sp³-hybridized carbons (Fsp3) is 0.200. The summed E-state index contributed by atoms with van der Waals surface area (Å²) < 4.78 is 24.3. The van der Waals surface area contributed by atoms with Gasteiger partial charge in [-0.15, -0.1) is 0 Å². The van der Waals surface area contributed by atoms with Gasteiger partial charge in [0.2, 0.25) is 6.79 Å². The minimum Gasteiger partial charge on any atom is -0.454 e. The van der Waals surface area contributed by atoms with E-state index in [0.29, 0.717) is 18.7 Å². The monoisotopic (exact) mass is 293 g/mol. The zero-order valence-corrected chi connectivity index (χ0v) is 11.4. The maximum Gasteiger partial charge on any atom is 0.231 e. The summed E-state index contributed by atoms with van der Waals surface area (Å²) >= 11 is 5.74. The van der Waals surface area contributed by atoms with Crippen LogP contribution in [0.3, 0.4) is 0 Å². The van der Waals surface area contributed by atoms with Crippen molar-refractivity contribution in [2.75, 3.05) is 6.79 Å². The van der Waals surface area contributed by atoms with Crippen LogP contribution in [0.1, 0.15) is 11.1 Å². The number of hydrogen-bond donors (Lipinski definition) is 1. The Morgan fingerprint density at radius 1 is 1.10 bits per heavy atom. The van der Waals surface area contributed by atoms with Crippen LogP contribution in [0.2, 0.25) is 5.02 Å². The standard InChI is InChI=1S/C15H13ClFNO2/c16-12-3-1-2-11(15(12)17)8-18-7-10-4-5-13-14(6-10)20-9-19-13/h1-6,18H,7-9H2. The third-order valence-electron chi connectivity index (χ3n) is 3.11. The van der Waals surface area contributed by atoms with Crippen LogP contribution in [0.5, 0.6) is 11.5 Å². The Hall–Kier alpha value is -1.78. The van der Waals surface area contributed by atoms with Crippen molar-refractivity contribution in [3.63, 3.8) is 0 Å². The average Bonchev–Trinajstić information content (AvgIpc) is 2.91. The second-order valence-corrected chi connectivity index (χ2v) is 4.91. The first-order valence-electron chi connectivity index (χ1n) is 6.26. The molecule has 0 fully saturated rings. The van der Waals surface area contributed by atoms with E-state index in [4.69, 9.17) is 21.1 Å². The molecule has 0 amide bonds. The first-order chi connectivity index (χ1) is 9.74. The zero-order valence-electron chi connectivity index (χ0n) is 10.7. The molecule has 1 N–H and O–H groups in total. The SMILES string of the molecule is Fc1c(Cl)cccc1CNCc1ccc2c(c1)OCO2. The van der Waals surface area contributed by atoms with Crippen molar-refractivity contribution in [2.24, 2.45) is 0 Å². The van der Waals surface area contributed by atoms with Gasteiger partial charge in [0.1, 0.15) is 5.82 Å². The molecule has 1 aliphatic rings. The van der Waals surface area contributed by atoms with Gasteiger partial charge in [0.25, 0.3) is 0 Å². The van der Waals surface area contributed by atoms with Crippen molar-refractivity contribution in [3.8, 4) is 11.5 Å². The fourth-order valence-corrected chi connectivity index (χ4v) is 2.27. The topological polar surface area (TPSA) is 30.5 Å². The molecule has 0 unspecified atom stereocenters. The van der Waals surface area contributed by atoms with Crippen molar-refractivity contribution in [1.82, 2.24) is 5.32 Å². The summed E-state index contributed by atoms with van der Waals surface area (Å²) in [5.74, 6) is 1.14. The molecular weight excluding hydrogens is 281 g/mol. The molecule has 0 spiro atoms. The second kappa shape index (κ2) is 5.69.